The number of nitrogens with zero attached hydrogens (tertiary/aromatic N) is 1. The zero-order chi connectivity index (χ0) is 19.8. The standard InChI is InChI=1S/C20H22ClF2NO3/c1-12(18(25)13-10-16(22)19(26)17(23)11-13)24-8-6-20(27,7-9-24)14-2-4-15(21)5-3-14/h2-5,10-12,18,25-27H,6-9H2,1H3/t12-,18+/m1/s1. The molecule has 0 amide bonds. The van der Waals surface area contributed by atoms with Gasteiger partial charge >= 0.3 is 0 Å². The molecule has 0 aromatic heterocycles. The minimum absolute atomic E-state index is 0.0637. The van der Waals surface area contributed by atoms with Crippen molar-refractivity contribution in [2.75, 3.05) is 13.1 Å². The zero-order valence-electron chi connectivity index (χ0n) is 14.9. The summed E-state index contributed by atoms with van der Waals surface area (Å²) in [7, 11) is 0. The summed E-state index contributed by atoms with van der Waals surface area (Å²) in [4.78, 5) is 1.97. The molecule has 0 unspecified atom stereocenters. The smallest absolute Gasteiger partial charge is 0.187 e. The Morgan fingerprint density at radius 1 is 1.07 bits per heavy atom. The van der Waals surface area contributed by atoms with E-state index in [2.05, 4.69) is 0 Å². The van der Waals surface area contributed by atoms with Gasteiger partial charge in [-0.25, -0.2) is 8.78 Å². The van der Waals surface area contributed by atoms with Crippen molar-refractivity contribution in [3.63, 3.8) is 0 Å². The molecule has 0 spiro atoms. The molecule has 1 aliphatic rings. The fraction of sp³-hybridized carbons (Fsp3) is 0.400. The van der Waals surface area contributed by atoms with Gasteiger partial charge in [0, 0.05) is 24.2 Å². The molecule has 146 valence electrons. The first-order valence-electron chi connectivity index (χ1n) is 8.80. The van der Waals surface area contributed by atoms with Gasteiger partial charge in [-0.05, 0) is 55.2 Å². The molecule has 3 N–H and O–H groups in total. The highest BCUT2D eigenvalue weighted by Gasteiger charge is 2.36. The number of hydrogen-bond acceptors (Lipinski definition) is 4. The average Bonchev–Trinajstić information content (AvgIpc) is 2.65. The van der Waals surface area contributed by atoms with Crippen molar-refractivity contribution >= 4 is 11.6 Å². The van der Waals surface area contributed by atoms with Gasteiger partial charge in [-0.1, -0.05) is 23.7 Å². The van der Waals surface area contributed by atoms with E-state index in [-0.39, 0.29) is 5.56 Å². The van der Waals surface area contributed by atoms with Gasteiger partial charge in [0.05, 0.1) is 11.7 Å². The third kappa shape index (κ3) is 4.09. The molecule has 0 radical (unpaired) electrons. The number of phenols is 1. The first kappa shape index (κ1) is 20.0. The molecule has 27 heavy (non-hydrogen) atoms. The summed E-state index contributed by atoms with van der Waals surface area (Å²) in [5.41, 5.74) is -0.112. The topological polar surface area (TPSA) is 63.9 Å². The molecule has 1 heterocycles. The summed E-state index contributed by atoms with van der Waals surface area (Å²) in [5, 5.41) is 31.3. The predicted molar refractivity (Wildman–Crippen MR) is 98.6 cm³/mol. The van der Waals surface area contributed by atoms with Crippen LogP contribution < -0.4 is 0 Å². The van der Waals surface area contributed by atoms with Crippen molar-refractivity contribution in [2.24, 2.45) is 0 Å². The highest BCUT2D eigenvalue weighted by atomic mass is 35.5. The maximum Gasteiger partial charge on any atom is 0.187 e. The van der Waals surface area contributed by atoms with Gasteiger partial charge < -0.3 is 15.3 Å². The number of aromatic hydroxyl groups is 1. The molecule has 0 saturated carbocycles. The molecule has 0 aliphatic carbocycles. The number of aliphatic hydroxyl groups is 2. The first-order valence-corrected chi connectivity index (χ1v) is 9.17. The predicted octanol–water partition coefficient (Wildman–Crippen LogP) is 3.73. The summed E-state index contributed by atoms with van der Waals surface area (Å²) in [5.74, 6) is -3.26. The Balaban J connectivity index is 1.69. The van der Waals surface area contributed by atoms with Gasteiger partial charge in [-0.3, -0.25) is 4.90 Å². The minimum atomic E-state index is -1.13. The Labute approximate surface area is 161 Å². The van der Waals surface area contributed by atoms with Gasteiger partial charge in [-0.15, -0.1) is 0 Å². The number of piperidine rings is 1. The van der Waals surface area contributed by atoms with Crippen LogP contribution in [0, 0.1) is 11.6 Å². The van der Waals surface area contributed by atoms with Crippen molar-refractivity contribution in [2.45, 2.75) is 37.5 Å². The fourth-order valence-corrected chi connectivity index (χ4v) is 3.71. The molecule has 7 heteroatoms. The van der Waals surface area contributed by atoms with Crippen LogP contribution in [-0.2, 0) is 5.60 Å². The van der Waals surface area contributed by atoms with Crippen molar-refractivity contribution < 1.29 is 24.1 Å². The van der Waals surface area contributed by atoms with E-state index in [0.717, 1.165) is 17.7 Å². The Hall–Kier alpha value is -1.73. The third-order valence-electron chi connectivity index (χ3n) is 5.42. The maximum absolute atomic E-state index is 13.6. The number of rotatable bonds is 4. The van der Waals surface area contributed by atoms with Crippen LogP contribution in [0.5, 0.6) is 5.75 Å². The molecule has 1 fully saturated rings. The summed E-state index contributed by atoms with van der Waals surface area (Å²) in [6, 6.07) is 8.55. The molecular formula is C20H22ClF2NO3. The average molecular weight is 398 g/mol. The van der Waals surface area contributed by atoms with E-state index in [4.69, 9.17) is 11.6 Å². The van der Waals surface area contributed by atoms with Crippen molar-refractivity contribution in [3.8, 4) is 5.75 Å². The summed E-state index contributed by atoms with van der Waals surface area (Å²) in [6.45, 7) is 2.79. The van der Waals surface area contributed by atoms with E-state index in [1.165, 1.54) is 0 Å². The number of hydrogen-bond donors (Lipinski definition) is 3. The molecule has 1 aliphatic heterocycles. The van der Waals surface area contributed by atoms with Crippen LogP contribution >= 0.6 is 11.6 Å². The lowest BCUT2D eigenvalue weighted by Gasteiger charge is -2.42. The van der Waals surface area contributed by atoms with E-state index >= 15 is 0 Å². The lowest BCUT2D eigenvalue weighted by atomic mass is 9.83. The van der Waals surface area contributed by atoms with Crippen LogP contribution in [0.15, 0.2) is 36.4 Å². The summed E-state index contributed by atoms with van der Waals surface area (Å²) in [6.07, 6.45) is -0.204. The number of aliphatic hydroxyl groups excluding tert-OH is 1. The van der Waals surface area contributed by atoms with Crippen LogP contribution in [-0.4, -0.2) is 39.4 Å². The lowest BCUT2D eigenvalue weighted by molar-refractivity contribution is -0.0502. The van der Waals surface area contributed by atoms with E-state index in [1.807, 2.05) is 4.90 Å². The maximum atomic E-state index is 13.6. The largest absolute Gasteiger partial charge is 0.503 e. The molecule has 0 bridgehead atoms. The van der Waals surface area contributed by atoms with Crippen molar-refractivity contribution in [1.82, 2.24) is 4.90 Å². The van der Waals surface area contributed by atoms with Crippen LogP contribution in [0.4, 0.5) is 8.78 Å². The number of likely N-dealkylation sites (tertiary alicyclic amines) is 1. The van der Waals surface area contributed by atoms with Gasteiger partial charge in [0.2, 0.25) is 0 Å². The molecule has 2 aromatic carbocycles. The van der Waals surface area contributed by atoms with Gasteiger partial charge in [-0.2, -0.15) is 0 Å². The quantitative estimate of drug-likeness (QED) is 0.735. The number of benzene rings is 2. The zero-order valence-corrected chi connectivity index (χ0v) is 15.6. The molecular weight excluding hydrogens is 376 g/mol. The van der Waals surface area contributed by atoms with E-state index in [9.17, 15) is 24.1 Å². The second-order valence-corrected chi connectivity index (χ2v) is 7.53. The highest BCUT2D eigenvalue weighted by molar-refractivity contribution is 6.30. The molecule has 4 nitrogen and oxygen atoms in total. The monoisotopic (exact) mass is 397 g/mol. The minimum Gasteiger partial charge on any atom is -0.503 e. The van der Waals surface area contributed by atoms with Crippen LogP contribution in [0.25, 0.3) is 0 Å². The molecule has 2 aromatic rings. The lowest BCUT2D eigenvalue weighted by Crippen LogP contribution is -2.47. The first-order chi connectivity index (χ1) is 12.7. The van der Waals surface area contributed by atoms with Crippen LogP contribution in [0.1, 0.15) is 37.0 Å². The Morgan fingerprint density at radius 3 is 2.11 bits per heavy atom. The van der Waals surface area contributed by atoms with Gasteiger partial charge in [0.15, 0.2) is 17.4 Å². The van der Waals surface area contributed by atoms with Gasteiger partial charge in [0.1, 0.15) is 0 Å². The summed E-state index contributed by atoms with van der Waals surface area (Å²) >= 11 is 5.90. The Kier molecular flexibility index (Phi) is 5.72. The second kappa shape index (κ2) is 7.72. The van der Waals surface area contributed by atoms with E-state index in [0.29, 0.717) is 31.0 Å². The molecule has 2 atom stereocenters. The normalized spacial score (nSPS) is 19.6. The van der Waals surface area contributed by atoms with E-state index in [1.54, 1.807) is 31.2 Å². The van der Waals surface area contributed by atoms with E-state index < -0.39 is 35.1 Å². The third-order valence-corrected chi connectivity index (χ3v) is 5.67. The highest BCUT2D eigenvalue weighted by Crippen LogP contribution is 2.36. The Bertz CT molecular complexity index is 784. The summed E-state index contributed by atoms with van der Waals surface area (Å²) < 4.78 is 27.1. The second-order valence-electron chi connectivity index (χ2n) is 7.09. The molecule has 3 rings (SSSR count). The molecule has 1 saturated heterocycles. The van der Waals surface area contributed by atoms with Gasteiger partial charge in [0.25, 0.3) is 0 Å². The van der Waals surface area contributed by atoms with Crippen molar-refractivity contribution in [3.05, 3.63) is 64.2 Å². The number of halogens is 3. The fourth-order valence-electron chi connectivity index (χ4n) is 3.58. The Morgan fingerprint density at radius 2 is 1.59 bits per heavy atom. The van der Waals surface area contributed by atoms with Crippen LogP contribution in [0.3, 0.4) is 0 Å². The van der Waals surface area contributed by atoms with Crippen LogP contribution in [0.2, 0.25) is 5.02 Å². The van der Waals surface area contributed by atoms with Crippen molar-refractivity contribution in [1.29, 1.82) is 0 Å². The number of phenolic OH excluding ortho intramolecular Hbond substituents is 1. The SMILES string of the molecule is C[C@H]([C@H](O)c1cc(F)c(O)c(F)c1)N1CCC(O)(c2ccc(Cl)cc2)CC1.